The topological polar surface area (TPSA) is 64.5 Å². The number of nitrogens with zero attached hydrogens (tertiary/aromatic N) is 2. The van der Waals surface area contributed by atoms with Crippen LogP contribution in [-0.2, 0) is 6.54 Å². The number of hydrogen-bond donors (Lipinski definition) is 2. The molecule has 0 aliphatic carbocycles. The quantitative estimate of drug-likeness (QED) is 0.820. The highest BCUT2D eigenvalue weighted by Crippen LogP contribution is 2.13. The minimum absolute atomic E-state index is 0.433. The SMILES string of the molecule is CC(C)NCc1nc2ccc(C#N)cc2[nH]1. The Morgan fingerprint density at radius 2 is 2.31 bits per heavy atom. The molecule has 82 valence electrons. The van der Waals surface area contributed by atoms with Crippen molar-refractivity contribution in [2.45, 2.75) is 26.4 Å². The number of aromatic amines is 1. The molecule has 2 aromatic rings. The molecule has 0 atom stereocenters. The predicted octanol–water partition coefficient (Wildman–Crippen LogP) is 1.93. The number of hydrogen-bond acceptors (Lipinski definition) is 3. The van der Waals surface area contributed by atoms with Crippen LogP contribution in [0.3, 0.4) is 0 Å². The van der Waals surface area contributed by atoms with Gasteiger partial charge in [0, 0.05) is 6.04 Å². The van der Waals surface area contributed by atoms with E-state index in [-0.39, 0.29) is 0 Å². The van der Waals surface area contributed by atoms with Crippen molar-refractivity contribution in [3.05, 3.63) is 29.6 Å². The zero-order valence-electron chi connectivity index (χ0n) is 9.41. The summed E-state index contributed by atoms with van der Waals surface area (Å²) in [5, 5.41) is 12.1. The molecule has 2 N–H and O–H groups in total. The van der Waals surface area contributed by atoms with Crippen molar-refractivity contribution in [1.82, 2.24) is 15.3 Å². The van der Waals surface area contributed by atoms with Crippen molar-refractivity contribution >= 4 is 11.0 Å². The van der Waals surface area contributed by atoms with Gasteiger partial charge in [0.15, 0.2) is 0 Å². The third kappa shape index (κ3) is 2.20. The first-order valence-corrected chi connectivity index (χ1v) is 5.31. The zero-order chi connectivity index (χ0) is 11.5. The minimum Gasteiger partial charge on any atom is -0.341 e. The van der Waals surface area contributed by atoms with Crippen LogP contribution >= 0.6 is 0 Å². The Morgan fingerprint density at radius 3 is 3.00 bits per heavy atom. The number of nitriles is 1. The summed E-state index contributed by atoms with van der Waals surface area (Å²) in [7, 11) is 0. The summed E-state index contributed by atoms with van der Waals surface area (Å²) in [6, 6.07) is 8.01. The van der Waals surface area contributed by atoms with Gasteiger partial charge in [-0.05, 0) is 18.2 Å². The standard InChI is InChI=1S/C12H14N4/c1-8(2)14-7-12-15-10-4-3-9(6-13)5-11(10)16-12/h3-5,8,14H,7H2,1-2H3,(H,15,16). The second kappa shape index (κ2) is 4.33. The molecule has 0 unspecified atom stereocenters. The van der Waals surface area contributed by atoms with E-state index in [9.17, 15) is 0 Å². The molecule has 1 aromatic heterocycles. The van der Waals surface area contributed by atoms with Gasteiger partial charge in [-0.3, -0.25) is 0 Å². The highest BCUT2D eigenvalue weighted by Gasteiger charge is 2.03. The molecule has 0 aliphatic rings. The number of aromatic nitrogens is 2. The van der Waals surface area contributed by atoms with Gasteiger partial charge in [-0.25, -0.2) is 4.98 Å². The van der Waals surface area contributed by atoms with Crippen molar-refractivity contribution in [3.8, 4) is 6.07 Å². The summed E-state index contributed by atoms with van der Waals surface area (Å²) < 4.78 is 0. The van der Waals surface area contributed by atoms with Gasteiger partial charge in [-0.15, -0.1) is 0 Å². The fourth-order valence-electron chi connectivity index (χ4n) is 1.52. The van der Waals surface area contributed by atoms with Crippen molar-refractivity contribution < 1.29 is 0 Å². The monoisotopic (exact) mass is 214 g/mol. The van der Waals surface area contributed by atoms with Gasteiger partial charge < -0.3 is 10.3 Å². The fraction of sp³-hybridized carbons (Fsp3) is 0.333. The Hall–Kier alpha value is -1.86. The lowest BCUT2D eigenvalue weighted by molar-refractivity contribution is 0.576. The largest absolute Gasteiger partial charge is 0.341 e. The van der Waals surface area contributed by atoms with Gasteiger partial charge in [0.1, 0.15) is 5.82 Å². The molecular formula is C12H14N4. The molecule has 4 heteroatoms. The number of fused-ring (bicyclic) bond motifs is 1. The molecule has 0 saturated carbocycles. The van der Waals surface area contributed by atoms with E-state index in [2.05, 4.69) is 35.2 Å². The molecule has 2 rings (SSSR count). The number of H-pyrrole nitrogens is 1. The lowest BCUT2D eigenvalue weighted by atomic mass is 10.2. The van der Waals surface area contributed by atoms with Crippen LogP contribution < -0.4 is 5.32 Å². The highest BCUT2D eigenvalue weighted by atomic mass is 15.0. The molecule has 0 bridgehead atoms. The lowest BCUT2D eigenvalue weighted by Crippen LogP contribution is -2.22. The Labute approximate surface area is 94.3 Å². The Balaban J connectivity index is 2.26. The van der Waals surface area contributed by atoms with Gasteiger partial charge in [-0.1, -0.05) is 13.8 Å². The van der Waals surface area contributed by atoms with Crippen molar-refractivity contribution in [1.29, 1.82) is 5.26 Å². The van der Waals surface area contributed by atoms with Crippen LogP contribution in [0.4, 0.5) is 0 Å². The zero-order valence-corrected chi connectivity index (χ0v) is 9.41. The fourth-order valence-corrected chi connectivity index (χ4v) is 1.52. The molecule has 16 heavy (non-hydrogen) atoms. The first-order chi connectivity index (χ1) is 7.69. The molecule has 0 aliphatic heterocycles. The molecule has 4 nitrogen and oxygen atoms in total. The lowest BCUT2D eigenvalue weighted by Gasteiger charge is -2.04. The third-order valence-electron chi connectivity index (χ3n) is 2.34. The molecule has 0 spiro atoms. The van der Waals surface area contributed by atoms with Gasteiger partial charge in [0.05, 0.1) is 29.2 Å². The predicted molar refractivity (Wildman–Crippen MR) is 62.8 cm³/mol. The summed E-state index contributed by atoms with van der Waals surface area (Å²) >= 11 is 0. The van der Waals surface area contributed by atoms with Crippen LogP contribution in [-0.4, -0.2) is 16.0 Å². The van der Waals surface area contributed by atoms with E-state index in [1.165, 1.54) is 0 Å². The maximum Gasteiger partial charge on any atom is 0.121 e. The number of imidazole rings is 1. The van der Waals surface area contributed by atoms with Crippen molar-refractivity contribution in [2.75, 3.05) is 0 Å². The van der Waals surface area contributed by atoms with Gasteiger partial charge in [-0.2, -0.15) is 5.26 Å². The maximum absolute atomic E-state index is 8.78. The number of benzene rings is 1. The smallest absolute Gasteiger partial charge is 0.121 e. The maximum atomic E-state index is 8.78. The van der Waals surface area contributed by atoms with Gasteiger partial charge in [0.25, 0.3) is 0 Å². The number of nitrogens with one attached hydrogen (secondary N) is 2. The van der Waals surface area contributed by atoms with Crippen LogP contribution in [0, 0.1) is 11.3 Å². The summed E-state index contributed by atoms with van der Waals surface area (Å²) in [5.41, 5.74) is 2.47. The summed E-state index contributed by atoms with van der Waals surface area (Å²) in [6.45, 7) is 4.90. The molecule has 1 heterocycles. The van der Waals surface area contributed by atoms with E-state index in [0.717, 1.165) is 16.9 Å². The van der Waals surface area contributed by atoms with Crippen LogP contribution in [0.15, 0.2) is 18.2 Å². The van der Waals surface area contributed by atoms with E-state index >= 15 is 0 Å². The minimum atomic E-state index is 0.433. The second-order valence-corrected chi connectivity index (χ2v) is 4.06. The van der Waals surface area contributed by atoms with Crippen molar-refractivity contribution in [3.63, 3.8) is 0 Å². The summed E-state index contributed by atoms with van der Waals surface area (Å²) in [4.78, 5) is 7.63. The third-order valence-corrected chi connectivity index (χ3v) is 2.34. The summed E-state index contributed by atoms with van der Waals surface area (Å²) in [6.07, 6.45) is 0. The van der Waals surface area contributed by atoms with E-state index in [0.29, 0.717) is 18.2 Å². The molecule has 1 aromatic carbocycles. The average molecular weight is 214 g/mol. The van der Waals surface area contributed by atoms with Crippen molar-refractivity contribution in [2.24, 2.45) is 0 Å². The van der Waals surface area contributed by atoms with Crippen LogP contribution in [0.2, 0.25) is 0 Å². The van der Waals surface area contributed by atoms with Crippen LogP contribution in [0.25, 0.3) is 11.0 Å². The van der Waals surface area contributed by atoms with E-state index in [1.807, 2.05) is 12.1 Å². The number of rotatable bonds is 3. The Kier molecular flexibility index (Phi) is 2.88. The molecule has 0 fully saturated rings. The van der Waals surface area contributed by atoms with Crippen LogP contribution in [0.1, 0.15) is 25.2 Å². The van der Waals surface area contributed by atoms with Crippen LogP contribution in [0.5, 0.6) is 0 Å². The second-order valence-electron chi connectivity index (χ2n) is 4.06. The molecule has 0 saturated heterocycles. The summed E-state index contributed by atoms with van der Waals surface area (Å²) in [5.74, 6) is 0.902. The average Bonchev–Trinajstić information content (AvgIpc) is 2.67. The van der Waals surface area contributed by atoms with E-state index < -0.39 is 0 Å². The van der Waals surface area contributed by atoms with Gasteiger partial charge >= 0.3 is 0 Å². The Morgan fingerprint density at radius 1 is 1.50 bits per heavy atom. The van der Waals surface area contributed by atoms with Gasteiger partial charge in [0.2, 0.25) is 0 Å². The first-order valence-electron chi connectivity index (χ1n) is 5.31. The Bertz CT molecular complexity index is 533. The first kappa shape index (κ1) is 10.7. The van der Waals surface area contributed by atoms with E-state index in [4.69, 9.17) is 5.26 Å². The van der Waals surface area contributed by atoms with E-state index in [1.54, 1.807) is 6.07 Å². The highest BCUT2D eigenvalue weighted by molar-refractivity contribution is 5.76. The molecule has 0 amide bonds. The molecule has 0 radical (unpaired) electrons. The molecular weight excluding hydrogens is 200 g/mol. The normalized spacial score (nSPS) is 10.9.